The largest absolute Gasteiger partial charge is 0.469 e. The van der Waals surface area contributed by atoms with Crippen LogP contribution in [-0.4, -0.2) is 22.6 Å². The van der Waals surface area contributed by atoms with Crippen LogP contribution in [0, 0.1) is 12.3 Å². The van der Waals surface area contributed by atoms with E-state index in [9.17, 15) is 4.79 Å². The minimum Gasteiger partial charge on any atom is -0.469 e. The molecule has 1 aromatic carbocycles. The molecule has 0 saturated carbocycles. The first-order valence-electron chi connectivity index (χ1n) is 5.96. The highest BCUT2D eigenvalue weighted by Gasteiger charge is 2.30. The summed E-state index contributed by atoms with van der Waals surface area (Å²) >= 11 is 0. The number of para-hydroxylation sites is 2. The maximum Gasteiger partial charge on any atom is 0.313 e. The lowest BCUT2D eigenvalue weighted by molar-refractivity contribution is -0.151. The number of nitrogens with zero attached hydrogens (tertiary/aromatic N) is 2. The van der Waals surface area contributed by atoms with E-state index in [2.05, 4.69) is 9.55 Å². The monoisotopic (exact) mass is 246 g/mol. The summed E-state index contributed by atoms with van der Waals surface area (Å²) in [5, 5.41) is 0. The van der Waals surface area contributed by atoms with Crippen LogP contribution in [0.5, 0.6) is 0 Å². The van der Waals surface area contributed by atoms with Gasteiger partial charge >= 0.3 is 5.97 Å². The fraction of sp³-hybridized carbons (Fsp3) is 0.429. The van der Waals surface area contributed by atoms with Crippen molar-refractivity contribution < 1.29 is 9.53 Å². The quantitative estimate of drug-likeness (QED) is 0.782. The molecule has 0 unspecified atom stereocenters. The Kier molecular flexibility index (Phi) is 3.11. The van der Waals surface area contributed by atoms with Crippen LogP contribution in [0.2, 0.25) is 0 Å². The van der Waals surface area contributed by atoms with Gasteiger partial charge in [0.25, 0.3) is 0 Å². The third-order valence-corrected chi connectivity index (χ3v) is 3.14. The predicted molar refractivity (Wildman–Crippen MR) is 70.3 cm³/mol. The molecule has 0 aliphatic heterocycles. The van der Waals surface area contributed by atoms with Gasteiger partial charge in [0.05, 0.1) is 23.6 Å². The highest BCUT2D eigenvalue weighted by molar-refractivity contribution is 5.78. The molecule has 1 heterocycles. The molecule has 0 spiro atoms. The first-order chi connectivity index (χ1) is 8.45. The van der Waals surface area contributed by atoms with Crippen molar-refractivity contribution in [2.45, 2.75) is 27.3 Å². The van der Waals surface area contributed by atoms with E-state index in [0.29, 0.717) is 6.54 Å². The van der Waals surface area contributed by atoms with E-state index in [-0.39, 0.29) is 5.97 Å². The standard InChI is InChI=1S/C14H18N2O2/c1-10-15-11-7-5-6-8-12(11)16(10)9-14(2,3)13(17)18-4/h5-8H,9H2,1-4H3. The SMILES string of the molecule is COC(=O)C(C)(C)Cn1c(C)nc2ccccc21. The average Bonchev–Trinajstić information content (AvgIpc) is 2.65. The molecule has 1 aromatic heterocycles. The van der Waals surface area contributed by atoms with E-state index < -0.39 is 5.41 Å². The molecule has 0 saturated heterocycles. The molecule has 2 aromatic rings. The Hall–Kier alpha value is -1.84. The molecule has 0 N–H and O–H groups in total. The molecular weight excluding hydrogens is 228 g/mol. The van der Waals surface area contributed by atoms with E-state index in [4.69, 9.17) is 4.74 Å². The molecule has 0 bridgehead atoms. The van der Waals surface area contributed by atoms with Crippen molar-refractivity contribution in [3.05, 3.63) is 30.1 Å². The van der Waals surface area contributed by atoms with Crippen LogP contribution in [-0.2, 0) is 16.1 Å². The molecule has 0 fully saturated rings. The number of hydrogen-bond acceptors (Lipinski definition) is 3. The lowest BCUT2D eigenvalue weighted by Crippen LogP contribution is -2.31. The zero-order valence-electron chi connectivity index (χ0n) is 11.2. The summed E-state index contributed by atoms with van der Waals surface area (Å²) < 4.78 is 6.90. The van der Waals surface area contributed by atoms with Gasteiger partial charge in [0.15, 0.2) is 0 Å². The van der Waals surface area contributed by atoms with Gasteiger partial charge in [0.1, 0.15) is 5.82 Å². The van der Waals surface area contributed by atoms with Gasteiger partial charge in [-0.05, 0) is 32.9 Å². The second-order valence-electron chi connectivity index (χ2n) is 5.11. The molecule has 0 aliphatic rings. The Morgan fingerprint density at radius 1 is 1.39 bits per heavy atom. The lowest BCUT2D eigenvalue weighted by Gasteiger charge is -2.23. The smallest absolute Gasteiger partial charge is 0.313 e. The molecule has 0 atom stereocenters. The van der Waals surface area contributed by atoms with Gasteiger partial charge in [-0.2, -0.15) is 0 Å². The van der Waals surface area contributed by atoms with Gasteiger partial charge < -0.3 is 9.30 Å². The number of esters is 1. The van der Waals surface area contributed by atoms with Gasteiger partial charge in [-0.3, -0.25) is 4.79 Å². The zero-order chi connectivity index (χ0) is 13.3. The molecule has 18 heavy (non-hydrogen) atoms. The average molecular weight is 246 g/mol. The van der Waals surface area contributed by atoms with E-state index in [1.54, 1.807) is 0 Å². The van der Waals surface area contributed by atoms with Crippen LogP contribution in [0.25, 0.3) is 11.0 Å². The number of carbonyl (C=O) groups excluding carboxylic acids is 1. The summed E-state index contributed by atoms with van der Waals surface area (Å²) in [5.74, 6) is 0.702. The number of hydrogen-bond donors (Lipinski definition) is 0. The normalized spacial score (nSPS) is 11.8. The van der Waals surface area contributed by atoms with Crippen molar-refractivity contribution in [3.8, 4) is 0 Å². The van der Waals surface area contributed by atoms with Crippen LogP contribution in [0.3, 0.4) is 0 Å². The van der Waals surface area contributed by atoms with Gasteiger partial charge in [-0.1, -0.05) is 12.1 Å². The number of fused-ring (bicyclic) bond motifs is 1. The van der Waals surface area contributed by atoms with Crippen molar-refractivity contribution in [2.75, 3.05) is 7.11 Å². The molecular formula is C14H18N2O2. The zero-order valence-corrected chi connectivity index (χ0v) is 11.2. The number of carbonyl (C=O) groups is 1. The lowest BCUT2D eigenvalue weighted by atomic mass is 9.93. The van der Waals surface area contributed by atoms with Crippen molar-refractivity contribution in [3.63, 3.8) is 0 Å². The number of imidazole rings is 1. The number of methoxy groups -OCH3 is 1. The van der Waals surface area contributed by atoms with E-state index in [1.165, 1.54) is 7.11 Å². The van der Waals surface area contributed by atoms with Crippen LogP contribution in [0.1, 0.15) is 19.7 Å². The third kappa shape index (κ3) is 2.10. The fourth-order valence-electron chi connectivity index (χ4n) is 2.13. The summed E-state index contributed by atoms with van der Waals surface area (Å²) in [7, 11) is 1.42. The molecule has 4 heteroatoms. The number of ether oxygens (including phenoxy) is 1. The highest BCUT2D eigenvalue weighted by atomic mass is 16.5. The van der Waals surface area contributed by atoms with Crippen molar-refractivity contribution in [1.82, 2.24) is 9.55 Å². The number of rotatable bonds is 3. The minimum atomic E-state index is -0.566. The summed E-state index contributed by atoms with van der Waals surface area (Å²) in [6, 6.07) is 7.93. The van der Waals surface area contributed by atoms with Gasteiger partial charge in [-0.25, -0.2) is 4.98 Å². The van der Waals surface area contributed by atoms with Gasteiger partial charge in [-0.15, -0.1) is 0 Å². The summed E-state index contributed by atoms with van der Waals surface area (Å²) in [6.07, 6.45) is 0. The number of aromatic nitrogens is 2. The second-order valence-corrected chi connectivity index (χ2v) is 5.11. The molecule has 0 amide bonds. The van der Waals surface area contributed by atoms with Crippen LogP contribution in [0.4, 0.5) is 0 Å². The summed E-state index contributed by atoms with van der Waals surface area (Å²) in [4.78, 5) is 16.2. The molecule has 2 rings (SSSR count). The number of benzene rings is 1. The first kappa shape index (κ1) is 12.6. The number of aryl methyl sites for hydroxylation is 1. The van der Waals surface area contributed by atoms with E-state index >= 15 is 0 Å². The Bertz CT molecular complexity index is 584. The third-order valence-electron chi connectivity index (χ3n) is 3.14. The molecule has 0 radical (unpaired) electrons. The fourth-order valence-corrected chi connectivity index (χ4v) is 2.13. The topological polar surface area (TPSA) is 44.1 Å². The molecule has 0 aliphatic carbocycles. The maximum atomic E-state index is 11.8. The van der Waals surface area contributed by atoms with Gasteiger partial charge in [0, 0.05) is 6.54 Å². The second kappa shape index (κ2) is 4.44. The van der Waals surface area contributed by atoms with Crippen molar-refractivity contribution >= 4 is 17.0 Å². The summed E-state index contributed by atoms with van der Waals surface area (Å²) in [6.45, 7) is 6.28. The molecule has 96 valence electrons. The van der Waals surface area contributed by atoms with E-state index in [0.717, 1.165) is 16.9 Å². The predicted octanol–water partition coefficient (Wildman–Crippen LogP) is 2.54. The van der Waals surface area contributed by atoms with Crippen LogP contribution >= 0.6 is 0 Å². The Balaban J connectivity index is 2.43. The van der Waals surface area contributed by atoms with Crippen LogP contribution in [0.15, 0.2) is 24.3 Å². The summed E-state index contributed by atoms with van der Waals surface area (Å²) in [5.41, 5.74) is 1.44. The highest BCUT2D eigenvalue weighted by Crippen LogP contribution is 2.24. The van der Waals surface area contributed by atoms with Crippen molar-refractivity contribution in [1.29, 1.82) is 0 Å². The molecule has 4 nitrogen and oxygen atoms in total. The maximum absolute atomic E-state index is 11.8. The Morgan fingerprint density at radius 2 is 2.06 bits per heavy atom. The first-order valence-corrected chi connectivity index (χ1v) is 5.96. The van der Waals surface area contributed by atoms with Crippen molar-refractivity contribution in [2.24, 2.45) is 5.41 Å². The Morgan fingerprint density at radius 3 is 2.72 bits per heavy atom. The Labute approximate surface area is 107 Å². The van der Waals surface area contributed by atoms with Gasteiger partial charge in [0.2, 0.25) is 0 Å². The van der Waals surface area contributed by atoms with E-state index in [1.807, 2.05) is 45.0 Å². The minimum absolute atomic E-state index is 0.209. The van der Waals surface area contributed by atoms with Crippen LogP contribution < -0.4 is 0 Å².